The first-order valence-electron chi connectivity index (χ1n) is 8.29. The van der Waals surface area contributed by atoms with Crippen LogP contribution in [-0.4, -0.2) is 45.6 Å². The number of hydrogen-bond donors (Lipinski definition) is 0. The van der Waals surface area contributed by atoms with E-state index in [2.05, 4.69) is 90.9 Å². The summed E-state index contributed by atoms with van der Waals surface area (Å²) in [5.41, 5.74) is 1.31. The van der Waals surface area contributed by atoms with Crippen molar-refractivity contribution in [3.63, 3.8) is 0 Å². The Morgan fingerprint density at radius 3 is 1.50 bits per heavy atom. The molecule has 0 aromatic heterocycles. The average Bonchev–Trinajstić information content (AvgIpc) is 2.54. The summed E-state index contributed by atoms with van der Waals surface area (Å²) in [4.78, 5) is 2.19. The molecule has 0 bridgehead atoms. The van der Waals surface area contributed by atoms with Crippen molar-refractivity contribution in [2.24, 2.45) is 0 Å². The summed E-state index contributed by atoms with van der Waals surface area (Å²) in [6, 6.07) is 9.48. The maximum atomic E-state index is 2.43. The Morgan fingerprint density at radius 2 is 1.18 bits per heavy atom. The molecule has 0 radical (unpaired) electrons. The second-order valence-corrected chi connectivity index (χ2v) is 37.4. The van der Waals surface area contributed by atoms with E-state index in [9.17, 15) is 0 Å². The van der Waals surface area contributed by atoms with Gasteiger partial charge in [-0.1, -0.05) is 0 Å². The standard InChI is InChI=1S/C8H10N.3C3H8S.Sn/c1-9(2)8-6-4-3-5-7-8;3*1-2-3-4;/h4-7H,1-2H3;3*4H,2-3H2,1H3;/q;;;;+3/p-3. The van der Waals surface area contributed by atoms with Crippen LogP contribution in [0.15, 0.2) is 24.3 Å². The third kappa shape index (κ3) is 6.40. The summed E-state index contributed by atoms with van der Waals surface area (Å²) < 4.78 is 1.68. The van der Waals surface area contributed by atoms with Gasteiger partial charge in [0.25, 0.3) is 0 Å². The van der Waals surface area contributed by atoms with Gasteiger partial charge in [-0.3, -0.25) is 0 Å². The third-order valence-electron chi connectivity index (χ3n) is 3.23. The van der Waals surface area contributed by atoms with E-state index in [0.717, 1.165) is 0 Å². The molecule has 5 heteroatoms. The molecule has 0 aliphatic heterocycles. The molecular weight excluding hydrogens is 433 g/mol. The zero-order valence-corrected chi connectivity index (χ0v) is 20.0. The van der Waals surface area contributed by atoms with Crippen LogP contribution in [0.3, 0.4) is 0 Å². The fourth-order valence-corrected chi connectivity index (χ4v) is 42.3. The topological polar surface area (TPSA) is 3.24 Å². The molecule has 0 heterocycles. The van der Waals surface area contributed by atoms with Crippen LogP contribution in [0.4, 0.5) is 5.69 Å². The van der Waals surface area contributed by atoms with Gasteiger partial charge in [-0.05, 0) is 0 Å². The van der Waals surface area contributed by atoms with E-state index in [1.165, 1.54) is 42.2 Å². The molecule has 0 atom stereocenters. The van der Waals surface area contributed by atoms with Gasteiger partial charge in [0.05, 0.1) is 0 Å². The SMILES string of the molecule is CCC[S][Sn]([S]CCC)([S]CCC)[c]1ccc(N(C)C)cc1. The summed E-state index contributed by atoms with van der Waals surface area (Å²) >= 11 is -2.44. The van der Waals surface area contributed by atoms with Gasteiger partial charge in [-0.2, -0.15) is 0 Å². The molecule has 22 heavy (non-hydrogen) atoms. The molecular formula is C17H31NS3Sn. The predicted molar refractivity (Wildman–Crippen MR) is 114 cm³/mol. The monoisotopic (exact) mass is 465 g/mol. The Morgan fingerprint density at radius 1 is 0.773 bits per heavy atom. The fourth-order valence-electron chi connectivity index (χ4n) is 2.05. The first-order valence-corrected chi connectivity index (χ1v) is 23.2. The zero-order chi connectivity index (χ0) is 16.4. The van der Waals surface area contributed by atoms with Gasteiger partial charge >= 0.3 is 151 Å². The summed E-state index contributed by atoms with van der Waals surface area (Å²) in [7, 11) is 11.3. The molecule has 0 N–H and O–H groups in total. The van der Waals surface area contributed by atoms with Crippen LogP contribution in [0.1, 0.15) is 40.0 Å². The molecule has 1 aromatic rings. The molecule has 0 unspecified atom stereocenters. The maximum absolute atomic E-state index is 2.44. The van der Waals surface area contributed by atoms with Crippen molar-refractivity contribution < 1.29 is 0 Å². The van der Waals surface area contributed by atoms with Crippen LogP contribution in [0.25, 0.3) is 0 Å². The van der Waals surface area contributed by atoms with Crippen molar-refractivity contribution in [3.05, 3.63) is 24.3 Å². The van der Waals surface area contributed by atoms with Crippen molar-refractivity contribution in [1.82, 2.24) is 0 Å². The van der Waals surface area contributed by atoms with E-state index in [1.54, 1.807) is 3.58 Å². The Balaban J connectivity index is 3.07. The van der Waals surface area contributed by atoms with E-state index < -0.39 is 14.2 Å². The minimum atomic E-state index is -2.44. The molecule has 0 saturated carbocycles. The molecule has 0 spiro atoms. The van der Waals surface area contributed by atoms with Crippen molar-refractivity contribution in [1.29, 1.82) is 0 Å². The molecule has 0 saturated heterocycles. The molecule has 0 amide bonds. The van der Waals surface area contributed by atoms with Gasteiger partial charge in [-0.25, -0.2) is 0 Å². The summed E-state index contributed by atoms with van der Waals surface area (Å²) in [5, 5.41) is 0. The predicted octanol–water partition coefficient (Wildman–Crippen LogP) is 5.33. The van der Waals surface area contributed by atoms with Gasteiger partial charge in [0, 0.05) is 0 Å². The summed E-state index contributed by atoms with van der Waals surface area (Å²) in [6.45, 7) is 6.94. The summed E-state index contributed by atoms with van der Waals surface area (Å²) in [6.07, 6.45) is 3.87. The van der Waals surface area contributed by atoms with E-state index >= 15 is 0 Å². The second kappa shape index (κ2) is 11.4. The van der Waals surface area contributed by atoms with Crippen LogP contribution in [-0.2, 0) is 0 Å². The average molecular weight is 464 g/mol. The van der Waals surface area contributed by atoms with Gasteiger partial charge in [-0.15, -0.1) is 0 Å². The molecule has 0 fully saturated rings. The van der Waals surface area contributed by atoms with Gasteiger partial charge < -0.3 is 0 Å². The van der Waals surface area contributed by atoms with Crippen molar-refractivity contribution in [3.8, 4) is 0 Å². The van der Waals surface area contributed by atoms with Crippen molar-refractivity contribution in [2.45, 2.75) is 40.0 Å². The fraction of sp³-hybridized carbons (Fsp3) is 0.647. The van der Waals surface area contributed by atoms with E-state index in [0.29, 0.717) is 0 Å². The van der Waals surface area contributed by atoms with E-state index in [1.807, 2.05) is 0 Å². The Labute approximate surface area is 150 Å². The minimum absolute atomic E-state index is 1.29. The van der Waals surface area contributed by atoms with Crippen LogP contribution >= 0.6 is 26.8 Å². The van der Waals surface area contributed by atoms with Crippen LogP contribution < -0.4 is 8.48 Å². The van der Waals surface area contributed by atoms with E-state index in [-0.39, 0.29) is 0 Å². The number of anilines is 1. The Bertz CT molecular complexity index is 387. The third-order valence-corrected chi connectivity index (χ3v) is 43.2. The van der Waals surface area contributed by atoms with Gasteiger partial charge in [0.2, 0.25) is 0 Å². The Kier molecular flexibility index (Phi) is 10.9. The molecule has 1 aromatic carbocycles. The quantitative estimate of drug-likeness (QED) is 0.408. The molecule has 1 nitrogen and oxygen atoms in total. The van der Waals surface area contributed by atoms with Crippen LogP contribution in [0.2, 0.25) is 0 Å². The Hall–Kier alpha value is 0.869. The molecule has 1 rings (SSSR count). The van der Waals surface area contributed by atoms with Gasteiger partial charge in [0.15, 0.2) is 0 Å². The van der Waals surface area contributed by atoms with E-state index in [4.69, 9.17) is 0 Å². The number of rotatable bonds is 11. The molecule has 126 valence electrons. The van der Waals surface area contributed by atoms with Crippen molar-refractivity contribution >= 4 is 50.3 Å². The normalized spacial score (nSPS) is 11.7. The first-order chi connectivity index (χ1) is 10.6. The number of nitrogens with zero attached hydrogens (tertiary/aromatic N) is 1. The van der Waals surface area contributed by atoms with Crippen LogP contribution in [0, 0.1) is 0 Å². The molecule has 0 aliphatic rings. The van der Waals surface area contributed by atoms with Crippen molar-refractivity contribution in [2.75, 3.05) is 36.3 Å². The first kappa shape index (κ1) is 20.9. The molecule has 0 aliphatic carbocycles. The second-order valence-electron chi connectivity index (χ2n) is 5.54. The zero-order valence-electron chi connectivity index (χ0n) is 14.7. The van der Waals surface area contributed by atoms with Crippen LogP contribution in [0.5, 0.6) is 0 Å². The number of hydrogen-bond acceptors (Lipinski definition) is 4. The number of benzene rings is 1. The van der Waals surface area contributed by atoms with Gasteiger partial charge in [0.1, 0.15) is 0 Å². The summed E-state index contributed by atoms with van der Waals surface area (Å²) in [5.74, 6) is 3.96.